The van der Waals surface area contributed by atoms with E-state index in [0.29, 0.717) is 18.7 Å². The molecular weight excluding hydrogens is 326 g/mol. The SMILES string of the molecule is CCOc1ccc(NC(=O)c2c(C)nn(Cc3ccccc3)c2C)cc1. The Hall–Kier alpha value is -3.08. The van der Waals surface area contributed by atoms with Crippen molar-refractivity contribution in [2.75, 3.05) is 11.9 Å². The van der Waals surface area contributed by atoms with Crippen molar-refractivity contribution in [3.05, 3.63) is 77.1 Å². The van der Waals surface area contributed by atoms with E-state index in [1.54, 1.807) is 0 Å². The third kappa shape index (κ3) is 3.94. The van der Waals surface area contributed by atoms with E-state index < -0.39 is 0 Å². The summed E-state index contributed by atoms with van der Waals surface area (Å²) in [7, 11) is 0. The summed E-state index contributed by atoms with van der Waals surface area (Å²) >= 11 is 0. The number of carbonyl (C=O) groups excluding carboxylic acids is 1. The highest BCUT2D eigenvalue weighted by Gasteiger charge is 2.19. The van der Waals surface area contributed by atoms with Crippen LogP contribution in [0, 0.1) is 13.8 Å². The molecule has 3 aromatic rings. The highest BCUT2D eigenvalue weighted by molar-refractivity contribution is 6.05. The highest BCUT2D eigenvalue weighted by atomic mass is 16.5. The van der Waals surface area contributed by atoms with Gasteiger partial charge in [-0.3, -0.25) is 9.48 Å². The van der Waals surface area contributed by atoms with Gasteiger partial charge in [-0.25, -0.2) is 0 Å². The van der Waals surface area contributed by atoms with Crippen LogP contribution in [-0.2, 0) is 6.54 Å². The number of nitrogens with one attached hydrogen (secondary N) is 1. The summed E-state index contributed by atoms with van der Waals surface area (Å²) in [4.78, 5) is 12.7. The lowest BCUT2D eigenvalue weighted by Crippen LogP contribution is -2.14. The number of anilines is 1. The summed E-state index contributed by atoms with van der Waals surface area (Å²) in [6.07, 6.45) is 0. The van der Waals surface area contributed by atoms with Crippen LogP contribution in [0.15, 0.2) is 54.6 Å². The van der Waals surface area contributed by atoms with Gasteiger partial charge in [0.05, 0.1) is 24.4 Å². The second-order valence-corrected chi connectivity index (χ2v) is 6.10. The Morgan fingerprint density at radius 1 is 1.08 bits per heavy atom. The first-order valence-electron chi connectivity index (χ1n) is 8.70. The predicted octanol–water partition coefficient (Wildman–Crippen LogP) is 4.20. The lowest BCUT2D eigenvalue weighted by molar-refractivity contribution is 0.102. The number of hydrogen-bond donors (Lipinski definition) is 1. The van der Waals surface area contributed by atoms with Gasteiger partial charge >= 0.3 is 0 Å². The zero-order valence-corrected chi connectivity index (χ0v) is 15.3. The Labute approximate surface area is 153 Å². The van der Waals surface area contributed by atoms with Crippen molar-refractivity contribution < 1.29 is 9.53 Å². The van der Waals surface area contributed by atoms with Crippen molar-refractivity contribution >= 4 is 11.6 Å². The van der Waals surface area contributed by atoms with Crippen LogP contribution >= 0.6 is 0 Å². The van der Waals surface area contributed by atoms with Gasteiger partial charge in [0.25, 0.3) is 5.91 Å². The van der Waals surface area contributed by atoms with Gasteiger partial charge in [0.1, 0.15) is 5.75 Å². The van der Waals surface area contributed by atoms with Crippen LogP contribution in [0.1, 0.15) is 34.2 Å². The standard InChI is InChI=1S/C21H23N3O2/c1-4-26-19-12-10-18(11-13-19)22-21(25)20-15(2)23-24(16(20)3)14-17-8-6-5-7-9-17/h5-13H,4,14H2,1-3H3,(H,22,25). The largest absolute Gasteiger partial charge is 0.494 e. The van der Waals surface area contributed by atoms with Crippen LogP contribution in [0.4, 0.5) is 5.69 Å². The molecule has 5 nitrogen and oxygen atoms in total. The van der Waals surface area contributed by atoms with Gasteiger partial charge in [-0.15, -0.1) is 0 Å². The second kappa shape index (κ2) is 7.87. The van der Waals surface area contributed by atoms with Gasteiger partial charge < -0.3 is 10.1 Å². The number of rotatable bonds is 6. The van der Waals surface area contributed by atoms with E-state index in [1.807, 2.05) is 67.9 Å². The quantitative estimate of drug-likeness (QED) is 0.726. The molecule has 0 unspecified atom stereocenters. The molecule has 5 heteroatoms. The molecule has 0 atom stereocenters. The minimum absolute atomic E-state index is 0.150. The van der Waals surface area contributed by atoms with Crippen LogP contribution in [0.3, 0.4) is 0 Å². The first-order valence-corrected chi connectivity index (χ1v) is 8.70. The van der Waals surface area contributed by atoms with E-state index in [-0.39, 0.29) is 5.91 Å². The summed E-state index contributed by atoms with van der Waals surface area (Å²) in [5.74, 6) is 0.636. The van der Waals surface area contributed by atoms with Crippen molar-refractivity contribution in [3.63, 3.8) is 0 Å². The third-order valence-electron chi connectivity index (χ3n) is 4.21. The molecule has 1 heterocycles. The Balaban J connectivity index is 1.77. The smallest absolute Gasteiger partial charge is 0.259 e. The lowest BCUT2D eigenvalue weighted by Gasteiger charge is -2.08. The Morgan fingerprint density at radius 2 is 1.77 bits per heavy atom. The molecule has 0 saturated carbocycles. The molecular formula is C21H23N3O2. The Bertz CT molecular complexity index is 884. The fourth-order valence-electron chi connectivity index (χ4n) is 2.93. The molecule has 0 spiro atoms. The Morgan fingerprint density at radius 3 is 2.42 bits per heavy atom. The molecule has 0 aliphatic carbocycles. The van der Waals surface area contributed by atoms with Gasteiger partial charge in [0.2, 0.25) is 0 Å². The summed E-state index contributed by atoms with van der Waals surface area (Å²) in [6, 6.07) is 17.5. The summed E-state index contributed by atoms with van der Waals surface area (Å²) in [6.45, 7) is 6.99. The molecule has 0 aliphatic heterocycles. The molecule has 0 bridgehead atoms. The maximum atomic E-state index is 12.7. The summed E-state index contributed by atoms with van der Waals surface area (Å²) < 4.78 is 7.30. The summed E-state index contributed by atoms with van der Waals surface area (Å²) in [5.41, 5.74) is 4.08. The van der Waals surface area contributed by atoms with Gasteiger partial charge in [-0.2, -0.15) is 5.10 Å². The van der Waals surface area contributed by atoms with Crippen LogP contribution in [-0.4, -0.2) is 22.3 Å². The molecule has 2 aromatic carbocycles. The van der Waals surface area contributed by atoms with E-state index in [0.717, 1.165) is 28.4 Å². The van der Waals surface area contributed by atoms with Gasteiger partial charge in [0, 0.05) is 11.4 Å². The molecule has 0 radical (unpaired) electrons. The number of nitrogens with zero attached hydrogens (tertiary/aromatic N) is 2. The average Bonchev–Trinajstić information content (AvgIpc) is 2.91. The lowest BCUT2D eigenvalue weighted by atomic mass is 10.1. The van der Waals surface area contributed by atoms with E-state index >= 15 is 0 Å². The minimum Gasteiger partial charge on any atom is -0.494 e. The van der Waals surface area contributed by atoms with Crippen molar-refractivity contribution in [1.29, 1.82) is 0 Å². The van der Waals surface area contributed by atoms with Crippen LogP contribution in [0.5, 0.6) is 5.75 Å². The van der Waals surface area contributed by atoms with Crippen molar-refractivity contribution in [1.82, 2.24) is 9.78 Å². The molecule has 0 saturated heterocycles. The molecule has 0 aliphatic rings. The molecule has 1 amide bonds. The molecule has 1 aromatic heterocycles. The van der Waals surface area contributed by atoms with Gasteiger partial charge in [0.15, 0.2) is 0 Å². The molecule has 0 fully saturated rings. The number of ether oxygens (including phenoxy) is 1. The summed E-state index contributed by atoms with van der Waals surface area (Å²) in [5, 5.41) is 7.48. The zero-order valence-electron chi connectivity index (χ0n) is 15.3. The van der Waals surface area contributed by atoms with E-state index in [1.165, 1.54) is 0 Å². The number of carbonyl (C=O) groups is 1. The van der Waals surface area contributed by atoms with E-state index in [2.05, 4.69) is 22.5 Å². The van der Waals surface area contributed by atoms with E-state index in [4.69, 9.17) is 4.74 Å². The zero-order chi connectivity index (χ0) is 18.5. The number of amides is 1. The van der Waals surface area contributed by atoms with Crippen LogP contribution < -0.4 is 10.1 Å². The molecule has 3 rings (SSSR count). The molecule has 1 N–H and O–H groups in total. The average molecular weight is 349 g/mol. The monoisotopic (exact) mass is 349 g/mol. The topological polar surface area (TPSA) is 56.1 Å². The van der Waals surface area contributed by atoms with Gasteiger partial charge in [-0.1, -0.05) is 30.3 Å². The molecule has 26 heavy (non-hydrogen) atoms. The first kappa shape index (κ1) is 17.7. The maximum Gasteiger partial charge on any atom is 0.259 e. The number of aromatic nitrogens is 2. The minimum atomic E-state index is -0.150. The normalized spacial score (nSPS) is 10.6. The predicted molar refractivity (Wildman–Crippen MR) is 103 cm³/mol. The number of aryl methyl sites for hydroxylation is 1. The number of hydrogen-bond acceptors (Lipinski definition) is 3. The first-order chi connectivity index (χ1) is 12.6. The highest BCUT2D eigenvalue weighted by Crippen LogP contribution is 2.19. The van der Waals surface area contributed by atoms with Gasteiger partial charge in [-0.05, 0) is 50.6 Å². The molecule has 134 valence electrons. The third-order valence-corrected chi connectivity index (χ3v) is 4.21. The number of benzene rings is 2. The van der Waals surface area contributed by atoms with Crippen LogP contribution in [0.2, 0.25) is 0 Å². The van der Waals surface area contributed by atoms with Crippen LogP contribution in [0.25, 0.3) is 0 Å². The fraction of sp³-hybridized carbons (Fsp3) is 0.238. The van der Waals surface area contributed by atoms with Crippen molar-refractivity contribution in [2.45, 2.75) is 27.3 Å². The van der Waals surface area contributed by atoms with Crippen molar-refractivity contribution in [3.8, 4) is 5.75 Å². The maximum absolute atomic E-state index is 12.7. The Kier molecular flexibility index (Phi) is 5.37. The van der Waals surface area contributed by atoms with Crippen molar-refractivity contribution in [2.24, 2.45) is 0 Å². The second-order valence-electron chi connectivity index (χ2n) is 6.10. The van der Waals surface area contributed by atoms with E-state index in [9.17, 15) is 4.79 Å². The fourth-order valence-corrected chi connectivity index (χ4v) is 2.93.